The summed E-state index contributed by atoms with van der Waals surface area (Å²) in [5.74, 6) is 1.61. The van der Waals surface area contributed by atoms with Crippen LogP contribution in [-0.2, 0) is 0 Å². The van der Waals surface area contributed by atoms with E-state index in [4.69, 9.17) is 15.2 Å². The van der Waals surface area contributed by atoms with Crippen LogP contribution < -0.4 is 15.2 Å². The van der Waals surface area contributed by atoms with Gasteiger partial charge in [0.1, 0.15) is 0 Å². The molecular formula is C13H19NO2. The van der Waals surface area contributed by atoms with Gasteiger partial charge >= 0.3 is 0 Å². The van der Waals surface area contributed by atoms with Crippen molar-refractivity contribution in [2.75, 3.05) is 7.11 Å². The summed E-state index contributed by atoms with van der Waals surface area (Å²) in [5, 5.41) is 0. The molecule has 0 saturated heterocycles. The SMILES string of the molecule is COc1cc(C(C)N)ccc1OC1CCC1. The summed E-state index contributed by atoms with van der Waals surface area (Å²) in [6.45, 7) is 1.96. The summed E-state index contributed by atoms with van der Waals surface area (Å²) >= 11 is 0. The fraction of sp³-hybridized carbons (Fsp3) is 0.538. The van der Waals surface area contributed by atoms with Crippen molar-refractivity contribution in [2.24, 2.45) is 5.73 Å². The first kappa shape index (κ1) is 11.3. The van der Waals surface area contributed by atoms with E-state index in [0.717, 1.165) is 29.9 Å². The molecule has 88 valence electrons. The van der Waals surface area contributed by atoms with E-state index in [-0.39, 0.29) is 6.04 Å². The lowest BCUT2D eigenvalue weighted by Gasteiger charge is -2.27. The predicted octanol–water partition coefficient (Wildman–Crippen LogP) is 2.65. The van der Waals surface area contributed by atoms with Gasteiger partial charge in [-0.2, -0.15) is 0 Å². The Bertz CT molecular complexity index is 359. The topological polar surface area (TPSA) is 44.5 Å². The van der Waals surface area contributed by atoms with E-state index >= 15 is 0 Å². The Balaban J connectivity index is 2.16. The number of benzene rings is 1. The Morgan fingerprint density at radius 1 is 1.31 bits per heavy atom. The molecule has 1 atom stereocenters. The first-order valence-corrected chi connectivity index (χ1v) is 5.81. The minimum Gasteiger partial charge on any atom is -0.493 e. The van der Waals surface area contributed by atoms with Crippen LogP contribution in [0.5, 0.6) is 11.5 Å². The second kappa shape index (κ2) is 4.74. The molecule has 0 spiro atoms. The van der Waals surface area contributed by atoms with Crippen LogP contribution in [0.3, 0.4) is 0 Å². The van der Waals surface area contributed by atoms with Gasteiger partial charge in [-0.25, -0.2) is 0 Å². The number of methoxy groups -OCH3 is 1. The molecule has 1 aliphatic rings. The van der Waals surface area contributed by atoms with Crippen molar-refractivity contribution < 1.29 is 9.47 Å². The molecule has 0 amide bonds. The van der Waals surface area contributed by atoms with Gasteiger partial charge in [0.05, 0.1) is 13.2 Å². The van der Waals surface area contributed by atoms with Crippen LogP contribution >= 0.6 is 0 Å². The van der Waals surface area contributed by atoms with Crippen molar-refractivity contribution in [3.8, 4) is 11.5 Å². The lowest BCUT2D eigenvalue weighted by Crippen LogP contribution is -2.24. The summed E-state index contributed by atoms with van der Waals surface area (Å²) < 4.78 is 11.2. The van der Waals surface area contributed by atoms with Crippen molar-refractivity contribution in [1.82, 2.24) is 0 Å². The van der Waals surface area contributed by atoms with Crippen molar-refractivity contribution in [3.63, 3.8) is 0 Å². The molecule has 2 rings (SSSR count). The number of hydrogen-bond acceptors (Lipinski definition) is 3. The molecule has 1 saturated carbocycles. The second-order valence-corrected chi connectivity index (χ2v) is 4.37. The quantitative estimate of drug-likeness (QED) is 0.850. The van der Waals surface area contributed by atoms with Gasteiger partial charge < -0.3 is 15.2 Å². The maximum atomic E-state index is 5.84. The smallest absolute Gasteiger partial charge is 0.161 e. The molecule has 1 aromatic rings. The maximum Gasteiger partial charge on any atom is 0.161 e. The van der Waals surface area contributed by atoms with E-state index in [1.807, 2.05) is 25.1 Å². The monoisotopic (exact) mass is 221 g/mol. The Hall–Kier alpha value is -1.22. The summed E-state index contributed by atoms with van der Waals surface area (Å²) in [5.41, 5.74) is 6.90. The van der Waals surface area contributed by atoms with Crippen molar-refractivity contribution in [2.45, 2.75) is 38.3 Å². The average molecular weight is 221 g/mol. The number of ether oxygens (including phenoxy) is 2. The molecule has 0 aliphatic heterocycles. The predicted molar refractivity (Wildman–Crippen MR) is 63.9 cm³/mol. The molecule has 1 aromatic carbocycles. The Labute approximate surface area is 96.5 Å². The van der Waals surface area contributed by atoms with Crippen LogP contribution in [0.4, 0.5) is 0 Å². The molecule has 2 N–H and O–H groups in total. The van der Waals surface area contributed by atoms with Crippen molar-refractivity contribution in [1.29, 1.82) is 0 Å². The van der Waals surface area contributed by atoms with Crippen LogP contribution in [0.1, 0.15) is 37.8 Å². The summed E-state index contributed by atoms with van der Waals surface area (Å²) in [6.07, 6.45) is 3.94. The summed E-state index contributed by atoms with van der Waals surface area (Å²) in [7, 11) is 1.66. The van der Waals surface area contributed by atoms with E-state index in [0.29, 0.717) is 6.10 Å². The molecule has 16 heavy (non-hydrogen) atoms. The molecule has 0 bridgehead atoms. The first-order chi connectivity index (χ1) is 7.70. The normalized spacial score (nSPS) is 17.7. The number of nitrogens with two attached hydrogens (primary N) is 1. The van der Waals surface area contributed by atoms with Gasteiger partial charge in [0.25, 0.3) is 0 Å². The highest BCUT2D eigenvalue weighted by Gasteiger charge is 2.20. The molecule has 1 fully saturated rings. The zero-order valence-electron chi connectivity index (χ0n) is 9.90. The van der Waals surface area contributed by atoms with E-state index in [2.05, 4.69) is 0 Å². The third-order valence-electron chi connectivity index (χ3n) is 3.06. The second-order valence-electron chi connectivity index (χ2n) is 4.37. The highest BCUT2D eigenvalue weighted by atomic mass is 16.5. The molecule has 0 radical (unpaired) electrons. The van der Waals surface area contributed by atoms with E-state index in [1.54, 1.807) is 7.11 Å². The summed E-state index contributed by atoms with van der Waals surface area (Å²) in [4.78, 5) is 0. The summed E-state index contributed by atoms with van der Waals surface area (Å²) in [6, 6.07) is 5.93. The van der Waals surface area contributed by atoms with Crippen LogP contribution in [0.15, 0.2) is 18.2 Å². The van der Waals surface area contributed by atoms with E-state index in [1.165, 1.54) is 6.42 Å². The van der Waals surface area contributed by atoms with Crippen molar-refractivity contribution >= 4 is 0 Å². The van der Waals surface area contributed by atoms with Gasteiger partial charge in [-0.15, -0.1) is 0 Å². The van der Waals surface area contributed by atoms with E-state index in [9.17, 15) is 0 Å². The fourth-order valence-corrected chi connectivity index (χ4v) is 1.73. The third-order valence-corrected chi connectivity index (χ3v) is 3.06. The molecule has 0 aromatic heterocycles. The Morgan fingerprint density at radius 3 is 2.56 bits per heavy atom. The molecule has 1 aliphatic carbocycles. The standard InChI is InChI=1S/C13H19NO2/c1-9(14)10-6-7-12(13(8-10)15-2)16-11-4-3-5-11/h6-9,11H,3-5,14H2,1-2H3. The molecule has 0 heterocycles. The van der Waals surface area contributed by atoms with Gasteiger partial charge in [0, 0.05) is 6.04 Å². The van der Waals surface area contributed by atoms with Gasteiger partial charge in [0.15, 0.2) is 11.5 Å². The highest BCUT2D eigenvalue weighted by molar-refractivity contribution is 5.43. The number of hydrogen-bond donors (Lipinski definition) is 1. The largest absolute Gasteiger partial charge is 0.493 e. The minimum atomic E-state index is 0.0200. The molecular weight excluding hydrogens is 202 g/mol. The van der Waals surface area contributed by atoms with Crippen LogP contribution in [-0.4, -0.2) is 13.2 Å². The van der Waals surface area contributed by atoms with Gasteiger partial charge in [0.2, 0.25) is 0 Å². The highest BCUT2D eigenvalue weighted by Crippen LogP contribution is 2.33. The zero-order chi connectivity index (χ0) is 11.5. The van der Waals surface area contributed by atoms with Gasteiger partial charge in [-0.05, 0) is 43.9 Å². The van der Waals surface area contributed by atoms with Gasteiger partial charge in [-0.1, -0.05) is 6.07 Å². The Kier molecular flexibility index (Phi) is 3.34. The molecule has 1 unspecified atom stereocenters. The van der Waals surface area contributed by atoms with Crippen LogP contribution in [0.2, 0.25) is 0 Å². The number of rotatable bonds is 4. The third kappa shape index (κ3) is 2.30. The fourth-order valence-electron chi connectivity index (χ4n) is 1.73. The maximum absolute atomic E-state index is 5.84. The lowest BCUT2D eigenvalue weighted by molar-refractivity contribution is 0.116. The Morgan fingerprint density at radius 2 is 2.06 bits per heavy atom. The first-order valence-electron chi connectivity index (χ1n) is 5.81. The van der Waals surface area contributed by atoms with Crippen LogP contribution in [0, 0.1) is 0 Å². The average Bonchev–Trinajstić information content (AvgIpc) is 2.23. The molecule has 3 heteroatoms. The van der Waals surface area contributed by atoms with Crippen molar-refractivity contribution in [3.05, 3.63) is 23.8 Å². The zero-order valence-corrected chi connectivity index (χ0v) is 9.90. The minimum absolute atomic E-state index is 0.0200. The van der Waals surface area contributed by atoms with E-state index < -0.39 is 0 Å². The molecule has 3 nitrogen and oxygen atoms in total. The lowest BCUT2D eigenvalue weighted by atomic mass is 9.96. The van der Waals surface area contributed by atoms with Gasteiger partial charge in [-0.3, -0.25) is 0 Å². The van der Waals surface area contributed by atoms with Crippen LogP contribution in [0.25, 0.3) is 0 Å².